The van der Waals surface area contributed by atoms with Crippen molar-refractivity contribution in [2.45, 2.75) is 63.3 Å². The molecule has 0 aromatic carbocycles. The maximum absolute atomic E-state index is 13.1. The molecule has 1 fully saturated rings. The van der Waals surface area contributed by atoms with Gasteiger partial charge in [-0.2, -0.15) is 13.2 Å². The first kappa shape index (κ1) is 18.2. The van der Waals surface area contributed by atoms with E-state index < -0.39 is 12.2 Å². The van der Waals surface area contributed by atoms with Crippen molar-refractivity contribution in [2.75, 3.05) is 6.54 Å². The highest BCUT2D eigenvalue weighted by Gasteiger charge is 2.39. The summed E-state index contributed by atoms with van der Waals surface area (Å²) in [5.41, 5.74) is 0.623. The fourth-order valence-electron chi connectivity index (χ4n) is 3.22. The average Bonchev–Trinajstić information content (AvgIpc) is 2.52. The van der Waals surface area contributed by atoms with E-state index in [0.717, 1.165) is 32.1 Å². The van der Waals surface area contributed by atoms with Crippen LogP contribution in [0.15, 0.2) is 24.5 Å². The summed E-state index contributed by atoms with van der Waals surface area (Å²) in [5.74, 6) is 0.245. The third-order valence-electron chi connectivity index (χ3n) is 4.60. The number of nitrogens with one attached hydrogen (secondary N) is 1. The smallest absolute Gasteiger partial charge is 0.393 e. The second-order valence-corrected chi connectivity index (χ2v) is 6.36. The van der Waals surface area contributed by atoms with Crippen LogP contribution in [0.2, 0.25) is 0 Å². The number of rotatable bonds is 7. The zero-order valence-electron chi connectivity index (χ0n) is 13.2. The van der Waals surface area contributed by atoms with Gasteiger partial charge in [-0.3, -0.25) is 4.98 Å². The van der Waals surface area contributed by atoms with Gasteiger partial charge in [-0.25, -0.2) is 0 Å². The fraction of sp³-hybridized carbons (Fsp3) is 0.706. The molecule has 1 heterocycles. The van der Waals surface area contributed by atoms with Gasteiger partial charge in [-0.05, 0) is 62.3 Å². The maximum Gasteiger partial charge on any atom is 0.404 e. The van der Waals surface area contributed by atoms with E-state index in [1.807, 2.05) is 0 Å². The van der Waals surface area contributed by atoms with Gasteiger partial charge in [0.2, 0.25) is 0 Å². The van der Waals surface area contributed by atoms with Gasteiger partial charge in [0.05, 0.1) is 6.10 Å². The summed E-state index contributed by atoms with van der Waals surface area (Å²) in [6, 6.07) is 1.68. The second kappa shape index (κ2) is 8.64. The van der Waals surface area contributed by atoms with Crippen LogP contribution in [0.25, 0.3) is 0 Å². The van der Waals surface area contributed by atoms with Crippen molar-refractivity contribution in [3.8, 4) is 0 Å². The number of hydrogen-bond acceptors (Lipinski definition) is 3. The standard InChI is InChI=1S/C17H25F3N2O/c18-17(19,20)16(12-13-7-10-21-11-8-13)22-9-3-5-14-4-1-2-6-15(14)23/h7-8,10-11,14-16,22-23H,1-6,9,12H2. The number of aliphatic hydroxyl groups excluding tert-OH is 1. The van der Waals surface area contributed by atoms with Crippen molar-refractivity contribution < 1.29 is 18.3 Å². The lowest BCUT2D eigenvalue weighted by molar-refractivity contribution is -0.155. The average molecular weight is 330 g/mol. The van der Waals surface area contributed by atoms with Gasteiger partial charge < -0.3 is 10.4 Å². The molecule has 130 valence electrons. The molecule has 1 aliphatic carbocycles. The first-order valence-electron chi connectivity index (χ1n) is 8.34. The molecule has 6 heteroatoms. The van der Waals surface area contributed by atoms with E-state index in [1.165, 1.54) is 12.4 Å². The Kier molecular flexibility index (Phi) is 6.84. The van der Waals surface area contributed by atoms with Gasteiger partial charge in [0.25, 0.3) is 0 Å². The molecule has 2 N–H and O–H groups in total. The molecule has 1 aromatic heterocycles. The van der Waals surface area contributed by atoms with Crippen LogP contribution < -0.4 is 5.32 Å². The topological polar surface area (TPSA) is 45.1 Å². The van der Waals surface area contributed by atoms with Crippen LogP contribution in [0.3, 0.4) is 0 Å². The van der Waals surface area contributed by atoms with E-state index in [4.69, 9.17) is 0 Å². The van der Waals surface area contributed by atoms with Gasteiger partial charge in [-0.1, -0.05) is 12.8 Å². The molecule has 0 saturated heterocycles. The molecular formula is C17H25F3N2O. The third kappa shape index (κ3) is 6.11. The van der Waals surface area contributed by atoms with E-state index in [9.17, 15) is 18.3 Å². The van der Waals surface area contributed by atoms with Gasteiger partial charge >= 0.3 is 6.18 Å². The molecule has 23 heavy (non-hydrogen) atoms. The van der Waals surface area contributed by atoms with E-state index in [0.29, 0.717) is 18.5 Å². The van der Waals surface area contributed by atoms with Crippen LogP contribution in [-0.2, 0) is 6.42 Å². The Balaban J connectivity index is 1.77. The van der Waals surface area contributed by atoms with Crippen LogP contribution in [-0.4, -0.2) is 35.0 Å². The maximum atomic E-state index is 13.1. The highest BCUT2D eigenvalue weighted by Crippen LogP contribution is 2.28. The van der Waals surface area contributed by atoms with Crippen molar-refractivity contribution in [1.82, 2.24) is 10.3 Å². The number of halogens is 3. The minimum absolute atomic E-state index is 0.0852. The number of aliphatic hydroxyl groups is 1. The number of nitrogens with zero attached hydrogens (tertiary/aromatic N) is 1. The summed E-state index contributed by atoms with van der Waals surface area (Å²) in [4.78, 5) is 3.82. The van der Waals surface area contributed by atoms with Crippen LogP contribution in [0.1, 0.15) is 44.1 Å². The monoisotopic (exact) mass is 330 g/mol. The summed E-state index contributed by atoms with van der Waals surface area (Å²) in [5, 5.41) is 12.5. The Hall–Kier alpha value is -1.14. The van der Waals surface area contributed by atoms with Crippen molar-refractivity contribution >= 4 is 0 Å². The zero-order valence-corrected chi connectivity index (χ0v) is 13.2. The highest BCUT2D eigenvalue weighted by atomic mass is 19.4. The van der Waals surface area contributed by atoms with E-state index in [-0.39, 0.29) is 18.4 Å². The molecule has 1 saturated carbocycles. The third-order valence-corrected chi connectivity index (χ3v) is 4.60. The van der Waals surface area contributed by atoms with Gasteiger partial charge in [0.15, 0.2) is 0 Å². The Bertz CT molecular complexity index is 453. The fourth-order valence-corrected chi connectivity index (χ4v) is 3.22. The zero-order chi connectivity index (χ0) is 16.7. The van der Waals surface area contributed by atoms with E-state index >= 15 is 0 Å². The number of aromatic nitrogens is 1. The Morgan fingerprint density at radius 3 is 2.57 bits per heavy atom. The van der Waals surface area contributed by atoms with Crippen molar-refractivity contribution in [1.29, 1.82) is 0 Å². The first-order valence-corrected chi connectivity index (χ1v) is 8.34. The summed E-state index contributed by atoms with van der Waals surface area (Å²) >= 11 is 0. The quantitative estimate of drug-likeness (QED) is 0.753. The minimum Gasteiger partial charge on any atom is -0.393 e. The lowest BCUT2D eigenvalue weighted by Gasteiger charge is -2.28. The van der Waals surface area contributed by atoms with Crippen molar-refractivity contribution in [3.63, 3.8) is 0 Å². The Labute approximate surface area is 135 Å². The molecule has 3 unspecified atom stereocenters. The SMILES string of the molecule is OC1CCCCC1CCCNC(Cc1ccncc1)C(F)(F)F. The predicted octanol–water partition coefficient (Wildman–Crippen LogP) is 3.48. The molecule has 0 radical (unpaired) electrons. The van der Waals surface area contributed by atoms with E-state index in [1.54, 1.807) is 12.1 Å². The second-order valence-electron chi connectivity index (χ2n) is 6.36. The van der Waals surface area contributed by atoms with Crippen LogP contribution in [0.4, 0.5) is 13.2 Å². The number of hydrogen-bond donors (Lipinski definition) is 2. The molecule has 2 rings (SSSR count). The summed E-state index contributed by atoms with van der Waals surface area (Å²) in [6.45, 7) is 0.318. The highest BCUT2D eigenvalue weighted by molar-refractivity contribution is 5.12. The van der Waals surface area contributed by atoms with Gasteiger partial charge in [-0.15, -0.1) is 0 Å². The molecule has 1 aromatic rings. The first-order chi connectivity index (χ1) is 11.0. The van der Waals surface area contributed by atoms with E-state index in [2.05, 4.69) is 10.3 Å². The number of pyridine rings is 1. The Morgan fingerprint density at radius 1 is 1.22 bits per heavy atom. The van der Waals surface area contributed by atoms with Crippen molar-refractivity contribution in [3.05, 3.63) is 30.1 Å². The molecule has 0 bridgehead atoms. The van der Waals surface area contributed by atoms with Crippen LogP contribution >= 0.6 is 0 Å². The Morgan fingerprint density at radius 2 is 1.91 bits per heavy atom. The summed E-state index contributed by atoms with van der Waals surface area (Å²) in [7, 11) is 0. The van der Waals surface area contributed by atoms with Gasteiger partial charge in [0, 0.05) is 12.4 Å². The molecular weight excluding hydrogens is 305 g/mol. The lowest BCUT2D eigenvalue weighted by atomic mass is 9.83. The molecule has 3 atom stereocenters. The molecule has 1 aliphatic rings. The minimum atomic E-state index is -4.27. The molecule has 0 aliphatic heterocycles. The summed E-state index contributed by atoms with van der Waals surface area (Å²) in [6.07, 6.45) is 3.80. The van der Waals surface area contributed by atoms with Crippen molar-refractivity contribution in [2.24, 2.45) is 5.92 Å². The summed E-state index contributed by atoms with van der Waals surface area (Å²) < 4.78 is 39.4. The largest absolute Gasteiger partial charge is 0.404 e. The van der Waals surface area contributed by atoms with Crippen LogP contribution in [0, 0.1) is 5.92 Å². The molecule has 3 nitrogen and oxygen atoms in total. The van der Waals surface area contributed by atoms with Crippen LogP contribution in [0.5, 0.6) is 0 Å². The van der Waals surface area contributed by atoms with Gasteiger partial charge in [0.1, 0.15) is 6.04 Å². The molecule has 0 spiro atoms. The lowest BCUT2D eigenvalue weighted by Crippen LogP contribution is -2.44. The normalized spacial score (nSPS) is 23.7. The predicted molar refractivity (Wildman–Crippen MR) is 83.0 cm³/mol. The molecule has 0 amide bonds. The number of alkyl halides is 3.